The van der Waals surface area contributed by atoms with E-state index in [2.05, 4.69) is 21.4 Å². The molecule has 3 atom stereocenters. The Morgan fingerprint density at radius 3 is 2.76 bits per heavy atom. The van der Waals surface area contributed by atoms with Crippen LogP contribution in [0.5, 0.6) is 0 Å². The SMILES string of the molecule is CC1C(CN2CCC(CC#N)(n3cc(C(N)O)c(NC(=O)C4CC4)n3)CC2)=CC=C(c2csc(Cl)c2)C1F. The zero-order valence-electron chi connectivity index (χ0n) is 21.2. The van der Waals surface area contributed by atoms with Gasteiger partial charge >= 0.3 is 0 Å². The van der Waals surface area contributed by atoms with Crippen molar-refractivity contribution in [2.75, 3.05) is 25.0 Å². The number of rotatable bonds is 8. The first-order valence-electron chi connectivity index (χ1n) is 12.9. The number of thiophene rings is 1. The molecule has 5 rings (SSSR count). The van der Waals surface area contributed by atoms with Gasteiger partial charge in [-0.3, -0.25) is 14.4 Å². The summed E-state index contributed by atoms with van der Waals surface area (Å²) in [6.45, 7) is 3.96. The summed E-state index contributed by atoms with van der Waals surface area (Å²) in [5.74, 6) is -0.145. The van der Waals surface area contributed by atoms with Gasteiger partial charge in [0.15, 0.2) is 5.82 Å². The van der Waals surface area contributed by atoms with Crippen molar-refractivity contribution < 1.29 is 14.3 Å². The molecule has 0 radical (unpaired) electrons. The Morgan fingerprint density at radius 2 is 2.16 bits per heavy atom. The van der Waals surface area contributed by atoms with Crippen molar-refractivity contribution in [2.24, 2.45) is 17.6 Å². The Morgan fingerprint density at radius 1 is 1.42 bits per heavy atom. The van der Waals surface area contributed by atoms with Crippen molar-refractivity contribution in [3.8, 4) is 6.07 Å². The number of nitrogens with zero attached hydrogens (tertiary/aromatic N) is 4. The molecule has 4 N–H and O–H groups in total. The highest BCUT2D eigenvalue weighted by Gasteiger charge is 2.39. The molecule has 0 bridgehead atoms. The van der Waals surface area contributed by atoms with Crippen LogP contribution in [-0.4, -0.2) is 51.5 Å². The average molecular weight is 559 g/mol. The van der Waals surface area contributed by atoms with E-state index >= 15 is 4.39 Å². The minimum atomic E-state index is -1.30. The molecule has 1 amide bonds. The number of aliphatic hydroxyl groups is 1. The Bertz CT molecular complexity index is 1300. The molecule has 1 aliphatic heterocycles. The second-order valence-electron chi connectivity index (χ2n) is 10.6. The highest BCUT2D eigenvalue weighted by Crippen LogP contribution is 2.39. The summed E-state index contributed by atoms with van der Waals surface area (Å²) in [5, 5.41) is 29.1. The second-order valence-corrected chi connectivity index (χ2v) is 12.2. The zero-order valence-corrected chi connectivity index (χ0v) is 22.8. The number of piperidine rings is 1. The normalized spacial score (nSPS) is 24.3. The van der Waals surface area contributed by atoms with Crippen LogP contribution in [0.25, 0.3) is 5.57 Å². The fraction of sp³-hybridized carbons (Fsp3) is 0.519. The van der Waals surface area contributed by atoms with E-state index in [1.54, 1.807) is 10.9 Å². The summed E-state index contributed by atoms with van der Waals surface area (Å²) < 4.78 is 17.7. The lowest BCUT2D eigenvalue weighted by atomic mass is 9.82. The minimum absolute atomic E-state index is 0.0198. The molecule has 202 valence electrons. The van der Waals surface area contributed by atoms with Crippen molar-refractivity contribution in [1.29, 1.82) is 5.26 Å². The summed E-state index contributed by atoms with van der Waals surface area (Å²) in [5.41, 5.74) is 8.06. The number of nitrogens with two attached hydrogens (primary N) is 1. The van der Waals surface area contributed by atoms with Crippen LogP contribution >= 0.6 is 22.9 Å². The van der Waals surface area contributed by atoms with Gasteiger partial charge in [-0.1, -0.05) is 36.2 Å². The van der Waals surface area contributed by atoms with Crippen molar-refractivity contribution in [2.45, 2.75) is 57.0 Å². The van der Waals surface area contributed by atoms with Gasteiger partial charge in [0.05, 0.1) is 27.9 Å². The summed E-state index contributed by atoms with van der Waals surface area (Å²) in [6.07, 6.45) is 6.37. The molecule has 3 aliphatic rings. The first-order chi connectivity index (χ1) is 18.2. The maximum atomic E-state index is 15.4. The van der Waals surface area contributed by atoms with Crippen molar-refractivity contribution in [3.05, 3.63) is 50.8 Å². The summed E-state index contributed by atoms with van der Waals surface area (Å²) in [6, 6.07) is 4.11. The zero-order chi connectivity index (χ0) is 27.0. The average Bonchev–Trinajstić information content (AvgIpc) is 3.52. The third-order valence-electron chi connectivity index (χ3n) is 8.04. The molecule has 2 aromatic rings. The number of likely N-dealkylation sites (tertiary alicyclic amines) is 1. The molecule has 2 fully saturated rings. The molecule has 2 aromatic heterocycles. The number of aromatic nitrogens is 2. The van der Waals surface area contributed by atoms with E-state index in [9.17, 15) is 15.2 Å². The maximum Gasteiger partial charge on any atom is 0.228 e. The Kier molecular flexibility index (Phi) is 7.76. The molecule has 3 unspecified atom stereocenters. The van der Waals surface area contributed by atoms with Crippen molar-refractivity contribution in [1.82, 2.24) is 14.7 Å². The lowest BCUT2D eigenvalue weighted by molar-refractivity contribution is -0.117. The topological polar surface area (TPSA) is 120 Å². The Hall–Kier alpha value is -2.55. The summed E-state index contributed by atoms with van der Waals surface area (Å²) in [4.78, 5) is 14.6. The maximum absolute atomic E-state index is 15.4. The monoisotopic (exact) mass is 558 g/mol. The van der Waals surface area contributed by atoms with Gasteiger partial charge < -0.3 is 16.2 Å². The van der Waals surface area contributed by atoms with E-state index in [1.807, 2.05) is 30.5 Å². The van der Waals surface area contributed by atoms with Gasteiger partial charge in [-0.2, -0.15) is 10.4 Å². The lowest BCUT2D eigenvalue weighted by Crippen LogP contribution is -2.47. The Balaban J connectivity index is 1.30. The molecule has 3 heterocycles. The number of carbonyl (C=O) groups excluding carboxylic acids is 1. The smallest absolute Gasteiger partial charge is 0.228 e. The number of allylic oxidation sites excluding steroid dienone is 3. The van der Waals surface area contributed by atoms with Crippen molar-refractivity contribution >= 4 is 40.2 Å². The van der Waals surface area contributed by atoms with Crippen LogP contribution in [0.3, 0.4) is 0 Å². The molecule has 2 aliphatic carbocycles. The first kappa shape index (κ1) is 27.0. The van der Waals surface area contributed by atoms with E-state index in [1.165, 1.54) is 11.3 Å². The van der Waals surface area contributed by atoms with Gasteiger partial charge in [0.25, 0.3) is 0 Å². The predicted octanol–water partition coefficient (Wildman–Crippen LogP) is 4.60. The number of hydrogen-bond donors (Lipinski definition) is 3. The fourth-order valence-electron chi connectivity index (χ4n) is 5.34. The molecular formula is C27H32ClFN6O2S. The number of carbonyl (C=O) groups is 1. The number of halogens is 2. The first-order valence-corrected chi connectivity index (χ1v) is 14.2. The summed E-state index contributed by atoms with van der Waals surface area (Å²) >= 11 is 7.46. The number of nitriles is 1. The van der Waals surface area contributed by atoms with Gasteiger partial charge in [-0.15, -0.1) is 11.3 Å². The van der Waals surface area contributed by atoms with E-state index in [-0.39, 0.29) is 30.0 Å². The minimum Gasteiger partial charge on any atom is -0.374 e. The van der Waals surface area contributed by atoms with E-state index in [0.717, 1.165) is 24.0 Å². The van der Waals surface area contributed by atoms with Crippen LogP contribution in [0.15, 0.2) is 35.4 Å². The number of nitrogens with one attached hydrogen (secondary N) is 1. The number of amides is 1. The van der Waals surface area contributed by atoms with Gasteiger partial charge in [0.2, 0.25) is 5.91 Å². The van der Waals surface area contributed by atoms with E-state index in [4.69, 9.17) is 17.3 Å². The lowest BCUT2D eigenvalue weighted by Gasteiger charge is -2.41. The highest BCUT2D eigenvalue weighted by atomic mass is 35.5. The van der Waals surface area contributed by atoms with Crippen LogP contribution < -0.4 is 11.1 Å². The molecule has 1 saturated carbocycles. The molecular weight excluding hydrogens is 527 g/mol. The van der Waals surface area contributed by atoms with E-state index in [0.29, 0.717) is 47.9 Å². The number of anilines is 1. The Labute approximate surface area is 230 Å². The largest absolute Gasteiger partial charge is 0.374 e. The van der Waals surface area contributed by atoms with E-state index < -0.39 is 17.9 Å². The highest BCUT2D eigenvalue weighted by molar-refractivity contribution is 7.14. The third-order valence-corrected chi connectivity index (χ3v) is 9.13. The number of aliphatic hydroxyl groups excluding tert-OH is 1. The quantitative estimate of drug-likeness (QED) is 0.407. The molecule has 1 saturated heterocycles. The van der Waals surface area contributed by atoms with Gasteiger partial charge in [-0.05, 0) is 48.3 Å². The molecule has 0 aromatic carbocycles. The standard InChI is InChI=1S/C27H32ClFN6O2S/c1-16-18(4-5-20(23(16)29)19-12-22(28)38-15-19)13-34-10-7-27(6-9-30,8-11-34)35-14-21(24(31)36)25(33-35)32-26(37)17-2-3-17/h4-5,12,14-17,23-24,36H,2-3,6-8,10-11,13,31H2,1H3,(H,32,33,37). The summed E-state index contributed by atoms with van der Waals surface area (Å²) in [7, 11) is 0. The predicted molar refractivity (Wildman–Crippen MR) is 146 cm³/mol. The molecule has 0 spiro atoms. The van der Waals surface area contributed by atoms with Gasteiger partial charge in [-0.25, -0.2) is 4.39 Å². The van der Waals surface area contributed by atoms with Gasteiger partial charge in [0.1, 0.15) is 12.4 Å². The van der Waals surface area contributed by atoms with Crippen LogP contribution in [0.1, 0.15) is 56.4 Å². The van der Waals surface area contributed by atoms with Crippen LogP contribution in [-0.2, 0) is 10.3 Å². The van der Waals surface area contributed by atoms with Crippen molar-refractivity contribution in [3.63, 3.8) is 0 Å². The van der Waals surface area contributed by atoms with Crippen LogP contribution in [0.2, 0.25) is 4.34 Å². The second kappa shape index (κ2) is 10.9. The third kappa shape index (κ3) is 5.44. The number of hydrogen-bond acceptors (Lipinski definition) is 7. The van der Waals surface area contributed by atoms with Crippen LogP contribution in [0, 0.1) is 23.2 Å². The molecule has 11 heteroatoms. The fourth-order valence-corrected chi connectivity index (χ4v) is 6.23. The van der Waals surface area contributed by atoms with Crippen LogP contribution in [0.4, 0.5) is 10.2 Å². The molecule has 38 heavy (non-hydrogen) atoms. The molecule has 8 nitrogen and oxygen atoms in total. The number of alkyl halides is 1. The van der Waals surface area contributed by atoms with Gasteiger partial charge in [0, 0.05) is 37.7 Å².